The van der Waals surface area contributed by atoms with Gasteiger partial charge in [-0.2, -0.15) is 0 Å². The van der Waals surface area contributed by atoms with E-state index < -0.39 is 8.25 Å². The highest BCUT2D eigenvalue weighted by molar-refractivity contribution is 7.33. The van der Waals surface area contributed by atoms with Crippen molar-refractivity contribution in [3.63, 3.8) is 0 Å². The summed E-state index contributed by atoms with van der Waals surface area (Å²) in [4.78, 5) is 0. The Morgan fingerprint density at radius 3 is 1.76 bits per heavy atom. The van der Waals surface area contributed by atoms with E-state index in [1.54, 1.807) is 0 Å². The second-order valence-corrected chi connectivity index (χ2v) is 6.58. The maximum absolute atomic E-state index is 10.8. The van der Waals surface area contributed by atoms with Gasteiger partial charge in [-0.25, -0.2) is 4.52 Å². The monoisotopic (exact) mass is 317 g/mol. The van der Waals surface area contributed by atoms with E-state index in [0.717, 1.165) is 6.42 Å². The Balaban J connectivity index is 3.07. The molecule has 0 saturated carbocycles. The Kier molecular flexibility index (Phi) is 17.3. The van der Waals surface area contributed by atoms with Gasteiger partial charge in [-0.1, -0.05) is 77.6 Å². The molecule has 0 aromatic heterocycles. The van der Waals surface area contributed by atoms with Crippen LogP contribution in [-0.4, -0.2) is 7.11 Å². The van der Waals surface area contributed by atoms with Crippen molar-refractivity contribution in [2.45, 2.75) is 90.4 Å². The molecule has 0 aromatic rings. The first-order chi connectivity index (χ1) is 10.3. The van der Waals surface area contributed by atoms with Crippen molar-refractivity contribution in [2.75, 3.05) is 7.11 Å². The van der Waals surface area contributed by atoms with Crippen LogP contribution in [-0.2, 0) is 13.6 Å². The summed E-state index contributed by atoms with van der Waals surface area (Å²) in [5.74, 6) is 0. The number of allylic oxidation sites excluding steroid dienone is 1. The Morgan fingerprint density at radius 2 is 1.29 bits per heavy atom. The fourth-order valence-electron chi connectivity index (χ4n) is 2.31. The fourth-order valence-corrected chi connectivity index (χ4v) is 2.58. The van der Waals surface area contributed by atoms with Gasteiger partial charge < -0.3 is 0 Å². The zero-order valence-electron chi connectivity index (χ0n) is 14.0. The number of unbranched alkanes of at least 4 members (excludes halogenated alkanes) is 12. The van der Waals surface area contributed by atoms with Gasteiger partial charge >= 0.3 is 8.25 Å². The van der Waals surface area contributed by atoms with E-state index in [0.29, 0.717) is 0 Å². The minimum Gasteiger partial charge on any atom is -0.238 e. The van der Waals surface area contributed by atoms with Gasteiger partial charge in [-0.05, 0) is 18.9 Å². The molecule has 0 saturated heterocycles. The van der Waals surface area contributed by atoms with Gasteiger partial charge in [0.2, 0.25) is 0 Å². The van der Waals surface area contributed by atoms with Crippen LogP contribution in [0.4, 0.5) is 0 Å². The van der Waals surface area contributed by atoms with E-state index in [1.165, 1.54) is 90.4 Å². The molecule has 0 bridgehead atoms. The molecule has 1 atom stereocenters. The molecule has 0 spiro atoms. The lowest BCUT2D eigenvalue weighted by Crippen LogP contribution is -1.82. The molecule has 0 N–H and O–H groups in total. The van der Waals surface area contributed by atoms with Crippen LogP contribution in [0.15, 0.2) is 12.3 Å². The largest absolute Gasteiger partial charge is 0.749 e. The Bertz CT molecular complexity index is 254. The minimum absolute atomic E-state index is 0.990. The van der Waals surface area contributed by atoms with E-state index in [-0.39, 0.29) is 0 Å². The lowest BCUT2D eigenvalue weighted by Gasteiger charge is -2.02. The highest BCUT2D eigenvalue weighted by Crippen LogP contribution is 2.21. The minimum atomic E-state index is -1.96. The smallest absolute Gasteiger partial charge is 0.238 e. The summed E-state index contributed by atoms with van der Waals surface area (Å²) >= 11 is 0. The average Bonchev–Trinajstić information content (AvgIpc) is 2.50. The van der Waals surface area contributed by atoms with Gasteiger partial charge in [-0.3, -0.25) is 0 Å². The molecule has 0 fully saturated rings. The molecule has 3 nitrogen and oxygen atoms in total. The van der Waals surface area contributed by atoms with Gasteiger partial charge in [0.15, 0.2) is 0 Å². The summed E-state index contributed by atoms with van der Waals surface area (Å²) in [6.07, 6.45) is 20.8. The van der Waals surface area contributed by atoms with Crippen LogP contribution in [0.1, 0.15) is 90.4 Å². The van der Waals surface area contributed by atoms with Gasteiger partial charge in [0.05, 0.1) is 7.11 Å². The molecule has 0 aliphatic carbocycles. The van der Waals surface area contributed by atoms with Gasteiger partial charge in [-0.15, -0.1) is 4.52 Å². The van der Waals surface area contributed by atoms with Crippen molar-refractivity contribution in [3.8, 4) is 0 Å². The molecule has 0 rings (SSSR count). The SMILES string of the molecule is CCCCCCCCCCCCCC/C=C/O[P+](=O)OC. The maximum Gasteiger partial charge on any atom is 0.749 e. The summed E-state index contributed by atoms with van der Waals surface area (Å²) in [6, 6.07) is 0. The number of rotatable bonds is 16. The quantitative estimate of drug-likeness (QED) is 0.176. The predicted molar refractivity (Wildman–Crippen MR) is 90.5 cm³/mol. The lowest BCUT2D eigenvalue weighted by atomic mass is 10.0. The third-order valence-corrected chi connectivity index (χ3v) is 4.21. The highest BCUT2D eigenvalue weighted by Gasteiger charge is 2.13. The lowest BCUT2D eigenvalue weighted by molar-refractivity contribution is 0.326. The zero-order valence-corrected chi connectivity index (χ0v) is 14.9. The summed E-state index contributed by atoms with van der Waals surface area (Å²) in [5.41, 5.74) is 0. The van der Waals surface area contributed by atoms with E-state index in [9.17, 15) is 4.57 Å². The maximum atomic E-state index is 10.8. The van der Waals surface area contributed by atoms with E-state index in [1.807, 2.05) is 6.08 Å². The molecule has 0 aliphatic rings. The Morgan fingerprint density at radius 1 is 0.810 bits per heavy atom. The van der Waals surface area contributed by atoms with Gasteiger partial charge in [0.25, 0.3) is 0 Å². The van der Waals surface area contributed by atoms with Crippen molar-refractivity contribution < 1.29 is 13.6 Å². The third kappa shape index (κ3) is 17.5. The van der Waals surface area contributed by atoms with Crippen LogP contribution in [0.25, 0.3) is 0 Å². The first-order valence-corrected chi connectivity index (χ1v) is 9.74. The van der Waals surface area contributed by atoms with Crippen molar-refractivity contribution in [1.29, 1.82) is 0 Å². The summed E-state index contributed by atoms with van der Waals surface area (Å²) in [7, 11) is -0.584. The fraction of sp³-hybridized carbons (Fsp3) is 0.882. The topological polar surface area (TPSA) is 35.5 Å². The van der Waals surface area contributed by atoms with Gasteiger partial charge in [0, 0.05) is 4.57 Å². The normalized spacial score (nSPS) is 12.0. The third-order valence-electron chi connectivity index (χ3n) is 3.62. The van der Waals surface area contributed by atoms with Crippen LogP contribution in [0.2, 0.25) is 0 Å². The first-order valence-electron chi connectivity index (χ1n) is 8.64. The standard InChI is InChI=1S/C17H34O3P/c1-3-4-5-6-7-8-9-10-11-12-13-14-15-16-17-20-21(18)19-2/h16-17H,3-15H2,1-2H3/q+1/b17-16+. The summed E-state index contributed by atoms with van der Waals surface area (Å²) in [6.45, 7) is 2.27. The highest BCUT2D eigenvalue weighted by atomic mass is 31.1. The van der Waals surface area contributed by atoms with E-state index in [2.05, 4.69) is 11.4 Å². The first kappa shape index (κ1) is 20.6. The molecule has 4 heteroatoms. The van der Waals surface area contributed by atoms with Crippen LogP contribution >= 0.6 is 8.25 Å². The number of hydrogen-bond acceptors (Lipinski definition) is 3. The zero-order chi connectivity index (χ0) is 15.6. The average molecular weight is 317 g/mol. The molecule has 0 aliphatic heterocycles. The molecule has 0 amide bonds. The molecule has 124 valence electrons. The van der Waals surface area contributed by atoms with Crippen LogP contribution in [0.5, 0.6) is 0 Å². The van der Waals surface area contributed by atoms with E-state index >= 15 is 0 Å². The molecule has 21 heavy (non-hydrogen) atoms. The van der Waals surface area contributed by atoms with Crippen LogP contribution < -0.4 is 0 Å². The van der Waals surface area contributed by atoms with Crippen LogP contribution in [0.3, 0.4) is 0 Å². The van der Waals surface area contributed by atoms with Crippen molar-refractivity contribution in [3.05, 3.63) is 12.3 Å². The second-order valence-electron chi connectivity index (χ2n) is 5.56. The molecular weight excluding hydrogens is 283 g/mol. The van der Waals surface area contributed by atoms with Crippen molar-refractivity contribution >= 4 is 8.25 Å². The van der Waals surface area contributed by atoms with Crippen molar-refractivity contribution in [2.24, 2.45) is 0 Å². The summed E-state index contributed by atoms with van der Waals surface area (Å²) in [5, 5.41) is 0. The van der Waals surface area contributed by atoms with E-state index in [4.69, 9.17) is 4.52 Å². The predicted octanol–water partition coefficient (Wildman–Crippen LogP) is 6.91. The van der Waals surface area contributed by atoms with Gasteiger partial charge in [0.1, 0.15) is 6.26 Å². The Labute approximate surface area is 132 Å². The summed E-state index contributed by atoms with van der Waals surface area (Å²) < 4.78 is 20.1. The molecule has 0 aromatic carbocycles. The molecule has 1 unspecified atom stereocenters. The molecule has 0 radical (unpaired) electrons. The van der Waals surface area contributed by atoms with Crippen molar-refractivity contribution in [1.82, 2.24) is 0 Å². The molecular formula is C17H34O3P+. The second kappa shape index (κ2) is 17.7. The number of hydrogen-bond donors (Lipinski definition) is 0. The molecule has 0 heterocycles. The van der Waals surface area contributed by atoms with Crippen LogP contribution in [0, 0.1) is 0 Å². The Hall–Kier alpha value is -0.400.